The lowest BCUT2D eigenvalue weighted by Gasteiger charge is -2.09. The van der Waals surface area contributed by atoms with Crippen molar-refractivity contribution in [3.05, 3.63) is 46.6 Å². The zero-order valence-electron chi connectivity index (χ0n) is 9.04. The number of hydrogen-bond donors (Lipinski definition) is 2. The summed E-state index contributed by atoms with van der Waals surface area (Å²) in [6.45, 7) is 0.638. The molecule has 3 nitrogen and oxygen atoms in total. The molecule has 1 heterocycles. The maximum Gasteiger partial charge on any atom is 0.139 e. The molecule has 0 saturated heterocycles. The van der Waals surface area contributed by atoms with Crippen molar-refractivity contribution in [1.82, 2.24) is 0 Å². The van der Waals surface area contributed by atoms with E-state index in [9.17, 15) is 4.39 Å². The third-order valence-electron chi connectivity index (χ3n) is 2.36. The number of furan rings is 1. The van der Waals surface area contributed by atoms with Crippen LogP contribution in [0.25, 0.3) is 0 Å². The van der Waals surface area contributed by atoms with Gasteiger partial charge in [-0.1, -0.05) is 0 Å². The number of nitrogen functional groups attached to an aromatic ring is 1. The van der Waals surface area contributed by atoms with Crippen LogP contribution in [0.1, 0.15) is 5.76 Å². The van der Waals surface area contributed by atoms with Crippen molar-refractivity contribution in [1.29, 1.82) is 0 Å². The predicted octanol–water partition coefficient (Wildman–Crippen LogP) is 3.42. The van der Waals surface area contributed by atoms with Gasteiger partial charge in [-0.05, 0) is 34.1 Å². The molecule has 0 saturated carbocycles. The van der Waals surface area contributed by atoms with Crippen LogP contribution >= 0.6 is 15.9 Å². The van der Waals surface area contributed by atoms with Gasteiger partial charge in [-0.3, -0.25) is 0 Å². The van der Waals surface area contributed by atoms with Gasteiger partial charge in [0.2, 0.25) is 0 Å². The van der Waals surface area contributed by atoms with Gasteiger partial charge in [0.15, 0.2) is 0 Å². The molecule has 1 aromatic heterocycles. The number of benzene rings is 1. The van der Waals surface area contributed by atoms with Crippen LogP contribution in [-0.4, -0.2) is 6.54 Å². The number of rotatable bonds is 4. The second-order valence-electron chi connectivity index (χ2n) is 3.61. The zero-order valence-corrected chi connectivity index (χ0v) is 10.6. The molecule has 1 aromatic carbocycles. The van der Waals surface area contributed by atoms with E-state index in [0.29, 0.717) is 22.4 Å². The molecule has 0 aliphatic carbocycles. The summed E-state index contributed by atoms with van der Waals surface area (Å²) >= 11 is 3.08. The van der Waals surface area contributed by atoms with Crippen LogP contribution in [0.15, 0.2) is 39.4 Å². The molecule has 3 N–H and O–H groups in total. The first-order chi connectivity index (χ1) is 8.16. The van der Waals surface area contributed by atoms with Crippen LogP contribution in [0, 0.1) is 5.82 Å². The minimum atomic E-state index is -0.334. The highest BCUT2D eigenvalue weighted by Crippen LogP contribution is 2.26. The Kier molecular flexibility index (Phi) is 3.68. The first-order valence-electron chi connectivity index (χ1n) is 5.17. The van der Waals surface area contributed by atoms with Gasteiger partial charge in [0, 0.05) is 19.0 Å². The Hall–Kier alpha value is -1.49. The standard InChI is InChI=1S/C12H12BrFN2O/c13-9-6-11(15)12(7-10(9)14)16-4-3-8-2-1-5-17-8/h1-2,5-7,16H,3-4,15H2. The highest BCUT2D eigenvalue weighted by atomic mass is 79.9. The van der Waals surface area contributed by atoms with E-state index in [0.717, 1.165) is 12.2 Å². The van der Waals surface area contributed by atoms with E-state index in [1.165, 1.54) is 6.07 Å². The van der Waals surface area contributed by atoms with Gasteiger partial charge in [0.1, 0.15) is 11.6 Å². The molecule has 2 rings (SSSR count). The van der Waals surface area contributed by atoms with Crippen LogP contribution in [0.5, 0.6) is 0 Å². The van der Waals surface area contributed by atoms with Crippen molar-refractivity contribution in [3.8, 4) is 0 Å². The molecule has 0 spiro atoms. The van der Waals surface area contributed by atoms with E-state index in [1.807, 2.05) is 12.1 Å². The van der Waals surface area contributed by atoms with Crippen LogP contribution in [-0.2, 0) is 6.42 Å². The summed E-state index contributed by atoms with van der Waals surface area (Å²) in [5.74, 6) is 0.549. The minimum Gasteiger partial charge on any atom is -0.469 e. The van der Waals surface area contributed by atoms with Crippen LogP contribution in [0.4, 0.5) is 15.8 Å². The quantitative estimate of drug-likeness (QED) is 0.851. The lowest BCUT2D eigenvalue weighted by molar-refractivity contribution is 0.513. The highest BCUT2D eigenvalue weighted by molar-refractivity contribution is 9.10. The molecule has 90 valence electrons. The monoisotopic (exact) mass is 298 g/mol. The molecule has 0 bridgehead atoms. The van der Waals surface area contributed by atoms with Gasteiger partial charge in [-0.25, -0.2) is 4.39 Å². The van der Waals surface area contributed by atoms with Crippen molar-refractivity contribution >= 4 is 27.3 Å². The van der Waals surface area contributed by atoms with E-state index < -0.39 is 0 Å². The van der Waals surface area contributed by atoms with Gasteiger partial charge in [0.25, 0.3) is 0 Å². The molecule has 5 heteroatoms. The predicted molar refractivity (Wildman–Crippen MR) is 69.4 cm³/mol. The summed E-state index contributed by atoms with van der Waals surface area (Å²) in [5, 5.41) is 3.07. The van der Waals surface area contributed by atoms with Crippen LogP contribution < -0.4 is 11.1 Å². The normalized spacial score (nSPS) is 10.5. The molecular formula is C12H12BrFN2O. The Labute approximate surface area is 107 Å². The highest BCUT2D eigenvalue weighted by Gasteiger charge is 2.05. The molecule has 2 aromatic rings. The summed E-state index contributed by atoms with van der Waals surface area (Å²) in [5.41, 5.74) is 6.87. The van der Waals surface area contributed by atoms with Gasteiger partial charge in [0.05, 0.1) is 22.1 Å². The first-order valence-corrected chi connectivity index (χ1v) is 5.97. The summed E-state index contributed by atoms with van der Waals surface area (Å²) < 4.78 is 18.9. The van der Waals surface area contributed by atoms with Crippen molar-refractivity contribution in [3.63, 3.8) is 0 Å². The van der Waals surface area contributed by atoms with Gasteiger partial charge >= 0.3 is 0 Å². The van der Waals surface area contributed by atoms with Crippen molar-refractivity contribution in [2.75, 3.05) is 17.6 Å². The Morgan fingerprint density at radius 3 is 2.94 bits per heavy atom. The van der Waals surface area contributed by atoms with Crippen LogP contribution in [0.2, 0.25) is 0 Å². The van der Waals surface area contributed by atoms with E-state index in [4.69, 9.17) is 10.2 Å². The van der Waals surface area contributed by atoms with E-state index in [-0.39, 0.29) is 5.82 Å². The van der Waals surface area contributed by atoms with E-state index in [2.05, 4.69) is 21.2 Å². The molecule has 0 aliphatic rings. The number of anilines is 2. The molecule has 0 amide bonds. The van der Waals surface area contributed by atoms with Crippen molar-refractivity contribution < 1.29 is 8.81 Å². The summed E-state index contributed by atoms with van der Waals surface area (Å²) in [4.78, 5) is 0. The molecular weight excluding hydrogens is 287 g/mol. The Balaban J connectivity index is 1.97. The fourth-order valence-electron chi connectivity index (χ4n) is 1.49. The van der Waals surface area contributed by atoms with E-state index in [1.54, 1.807) is 12.3 Å². The van der Waals surface area contributed by atoms with Crippen LogP contribution in [0.3, 0.4) is 0 Å². The molecule has 0 radical (unpaired) electrons. The average Bonchev–Trinajstić information content (AvgIpc) is 2.78. The summed E-state index contributed by atoms with van der Waals surface area (Å²) in [7, 11) is 0. The average molecular weight is 299 g/mol. The number of nitrogens with two attached hydrogens (primary N) is 1. The molecule has 17 heavy (non-hydrogen) atoms. The topological polar surface area (TPSA) is 51.2 Å². The van der Waals surface area contributed by atoms with Gasteiger partial charge < -0.3 is 15.5 Å². The van der Waals surface area contributed by atoms with E-state index >= 15 is 0 Å². The zero-order chi connectivity index (χ0) is 12.3. The molecule has 0 unspecified atom stereocenters. The summed E-state index contributed by atoms with van der Waals surface area (Å²) in [6.07, 6.45) is 2.35. The fourth-order valence-corrected chi connectivity index (χ4v) is 1.85. The maximum absolute atomic E-state index is 13.3. The van der Waals surface area contributed by atoms with Crippen molar-refractivity contribution in [2.45, 2.75) is 6.42 Å². The molecule has 0 aliphatic heterocycles. The van der Waals surface area contributed by atoms with Crippen molar-refractivity contribution in [2.24, 2.45) is 0 Å². The van der Waals surface area contributed by atoms with Gasteiger partial charge in [-0.2, -0.15) is 0 Å². The second-order valence-corrected chi connectivity index (χ2v) is 4.46. The third kappa shape index (κ3) is 3.00. The Morgan fingerprint density at radius 1 is 1.41 bits per heavy atom. The Bertz CT molecular complexity index is 499. The minimum absolute atomic E-state index is 0.334. The third-order valence-corrected chi connectivity index (χ3v) is 2.97. The second kappa shape index (κ2) is 5.23. The number of hydrogen-bond acceptors (Lipinski definition) is 3. The SMILES string of the molecule is Nc1cc(Br)c(F)cc1NCCc1ccco1. The fraction of sp³-hybridized carbons (Fsp3) is 0.167. The largest absolute Gasteiger partial charge is 0.469 e. The lowest BCUT2D eigenvalue weighted by Crippen LogP contribution is -2.07. The number of halogens is 2. The molecule has 0 atom stereocenters. The van der Waals surface area contributed by atoms with Gasteiger partial charge in [-0.15, -0.1) is 0 Å². The first kappa shape index (κ1) is 12.0. The Morgan fingerprint density at radius 2 is 2.24 bits per heavy atom. The summed E-state index contributed by atoms with van der Waals surface area (Å²) in [6, 6.07) is 6.66. The number of nitrogens with one attached hydrogen (secondary N) is 1. The maximum atomic E-state index is 13.3. The lowest BCUT2D eigenvalue weighted by atomic mass is 10.2. The molecule has 0 fully saturated rings. The smallest absolute Gasteiger partial charge is 0.139 e.